The summed E-state index contributed by atoms with van der Waals surface area (Å²) in [5.41, 5.74) is 2.86. The molecule has 0 unspecified atom stereocenters. The summed E-state index contributed by atoms with van der Waals surface area (Å²) < 4.78 is 6.81. The average Bonchev–Trinajstić information content (AvgIpc) is 2.73. The van der Waals surface area contributed by atoms with Gasteiger partial charge in [-0.05, 0) is 63.9 Å². The average molecular weight is 435 g/mol. The van der Waals surface area contributed by atoms with Gasteiger partial charge in [0, 0.05) is 24.3 Å². The first-order valence-electron chi connectivity index (χ1n) is 10.8. The van der Waals surface area contributed by atoms with Crippen LogP contribution in [0, 0.1) is 5.41 Å². The number of anilines is 1. The number of aromatic nitrogens is 2. The fourth-order valence-corrected chi connectivity index (χ4v) is 3.48. The molecule has 2 aromatic heterocycles. The van der Waals surface area contributed by atoms with Gasteiger partial charge >= 0.3 is 5.97 Å². The molecule has 0 spiro atoms. The van der Waals surface area contributed by atoms with Gasteiger partial charge in [-0.1, -0.05) is 25.1 Å². The Kier molecular flexibility index (Phi) is 6.77. The van der Waals surface area contributed by atoms with Gasteiger partial charge in [0.05, 0.1) is 11.3 Å². The van der Waals surface area contributed by atoms with Gasteiger partial charge in [-0.15, -0.1) is 0 Å². The van der Waals surface area contributed by atoms with Crippen LogP contribution >= 0.6 is 0 Å². The molecule has 0 bridgehead atoms. The summed E-state index contributed by atoms with van der Waals surface area (Å²) in [7, 11) is 0. The molecule has 0 aliphatic carbocycles. The second-order valence-electron chi connectivity index (χ2n) is 8.83. The van der Waals surface area contributed by atoms with E-state index < -0.39 is 11.6 Å². The lowest BCUT2D eigenvalue weighted by molar-refractivity contribution is -0.146. The van der Waals surface area contributed by atoms with Crippen LogP contribution in [0.3, 0.4) is 0 Å². The third-order valence-electron chi connectivity index (χ3n) is 4.89. The highest BCUT2D eigenvalue weighted by atomic mass is 16.6. The predicted molar refractivity (Wildman–Crippen MR) is 128 cm³/mol. The lowest BCUT2D eigenvalue weighted by Crippen LogP contribution is -2.31. The third kappa shape index (κ3) is 5.41. The second-order valence-corrected chi connectivity index (χ2v) is 8.83. The number of carbonyl (C=O) groups excluding carboxylic acids is 1. The van der Waals surface area contributed by atoms with Crippen molar-refractivity contribution in [1.29, 1.82) is 5.41 Å². The van der Waals surface area contributed by atoms with E-state index in [9.17, 15) is 9.59 Å². The first-order chi connectivity index (χ1) is 15.1. The standard InChI is InChI=1S/C25H30N4O3/c1-6-20-22(23(30)29-14-8-7-9-21(29)28-20)17-10-12-18(13-11-17)27-16(2)15-19(26)24(31)32-25(3,4)5/h7-14,16,26-27H,6,15H2,1-5H3/t16-/m1/s1. The number of carbonyl (C=O) groups is 1. The number of hydrogen-bond donors (Lipinski definition) is 2. The topological polar surface area (TPSA) is 96.5 Å². The Hall–Kier alpha value is -3.48. The SMILES string of the molecule is CCc1nc2ccccn2c(=O)c1-c1ccc(N[C@H](C)CC(=N)C(=O)OC(C)(C)C)cc1. The smallest absolute Gasteiger partial charge is 0.352 e. The second kappa shape index (κ2) is 9.34. The number of aryl methyl sites for hydroxylation is 1. The Morgan fingerprint density at radius 2 is 1.88 bits per heavy atom. The zero-order valence-corrected chi connectivity index (χ0v) is 19.2. The molecule has 0 saturated heterocycles. The van der Waals surface area contributed by atoms with Crippen molar-refractivity contribution in [3.8, 4) is 11.1 Å². The number of hydrogen-bond acceptors (Lipinski definition) is 6. The van der Waals surface area contributed by atoms with Gasteiger partial charge in [0.25, 0.3) is 5.56 Å². The molecule has 2 heterocycles. The van der Waals surface area contributed by atoms with Crippen molar-refractivity contribution < 1.29 is 9.53 Å². The van der Waals surface area contributed by atoms with E-state index in [1.54, 1.807) is 31.4 Å². The van der Waals surface area contributed by atoms with E-state index in [2.05, 4.69) is 10.3 Å². The molecule has 2 N–H and O–H groups in total. The normalized spacial score (nSPS) is 12.4. The van der Waals surface area contributed by atoms with E-state index in [0.717, 1.165) is 16.9 Å². The zero-order valence-electron chi connectivity index (χ0n) is 19.2. The molecule has 0 aliphatic heterocycles. The number of benzene rings is 1. The van der Waals surface area contributed by atoms with E-state index in [4.69, 9.17) is 10.1 Å². The first kappa shape index (κ1) is 23.2. The van der Waals surface area contributed by atoms with Crippen LogP contribution in [0.5, 0.6) is 0 Å². The van der Waals surface area contributed by atoms with Gasteiger partial charge in [0.1, 0.15) is 17.0 Å². The largest absolute Gasteiger partial charge is 0.456 e. The van der Waals surface area contributed by atoms with Crippen LogP contribution in [0.25, 0.3) is 16.8 Å². The van der Waals surface area contributed by atoms with Crippen molar-refractivity contribution in [2.24, 2.45) is 0 Å². The lowest BCUT2D eigenvalue weighted by Gasteiger charge is -2.21. The van der Waals surface area contributed by atoms with Crippen molar-refractivity contribution in [2.45, 2.75) is 59.1 Å². The quantitative estimate of drug-likeness (QED) is 0.422. The molecule has 0 saturated carbocycles. The number of nitrogens with zero attached hydrogens (tertiary/aromatic N) is 2. The molecule has 3 rings (SSSR count). The number of esters is 1. The van der Waals surface area contributed by atoms with E-state index in [-0.39, 0.29) is 23.7 Å². The maximum Gasteiger partial charge on any atom is 0.352 e. The first-order valence-corrected chi connectivity index (χ1v) is 10.8. The minimum atomic E-state index is -0.621. The molecule has 32 heavy (non-hydrogen) atoms. The maximum absolute atomic E-state index is 13.1. The molecule has 7 heteroatoms. The number of pyridine rings is 1. The van der Waals surface area contributed by atoms with Gasteiger partial charge < -0.3 is 10.1 Å². The summed E-state index contributed by atoms with van der Waals surface area (Å²) in [4.78, 5) is 29.8. The zero-order chi connectivity index (χ0) is 23.5. The number of fused-ring (bicyclic) bond motifs is 1. The van der Waals surface area contributed by atoms with E-state index in [1.807, 2.05) is 56.3 Å². The Labute approximate surface area is 188 Å². The molecule has 1 atom stereocenters. The van der Waals surface area contributed by atoms with Gasteiger partial charge in [-0.3, -0.25) is 14.6 Å². The van der Waals surface area contributed by atoms with Crippen LogP contribution in [-0.4, -0.2) is 32.7 Å². The summed E-state index contributed by atoms with van der Waals surface area (Å²) in [6, 6.07) is 12.9. The van der Waals surface area contributed by atoms with Crippen molar-refractivity contribution in [1.82, 2.24) is 9.38 Å². The Morgan fingerprint density at radius 1 is 1.19 bits per heavy atom. The Balaban J connectivity index is 1.76. The summed E-state index contributed by atoms with van der Waals surface area (Å²) in [5, 5.41) is 11.3. The van der Waals surface area contributed by atoms with Crippen LogP contribution in [0.1, 0.15) is 46.7 Å². The molecule has 0 amide bonds. The third-order valence-corrected chi connectivity index (χ3v) is 4.89. The minimum absolute atomic E-state index is 0.0700. The van der Waals surface area contributed by atoms with Crippen molar-refractivity contribution >= 4 is 23.0 Å². The summed E-state index contributed by atoms with van der Waals surface area (Å²) in [5.74, 6) is -0.599. The summed E-state index contributed by atoms with van der Waals surface area (Å²) in [6.45, 7) is 9.23. The Morgan fingerprint density at radius 3 is 2.50 bits per heavy atom. The van der Waals surface area contributed by atoms with Crippen molar-refractivity contribution in [3.63, 3.8) is 0 Å². The van der Waals surface area contributed by atoms with Crippen LogP contribution in [-0.2, 0) is 16.0 Å². The molecule has 0 aliphatic rings. The summed E-state index contributed by atoms with van der Waals surface area (Å²) in [6.07, 6.45) is 2.62. The minimum Gasteiger partial charge on any atom is -0.456 e. The summed E-state index contributed by atoms with van der Waals surface area (Å²) >= 11 is 0. The number of ether oxygens (including phenoxy) is 1. The van der Waals surface area contributed by atoms with Gasteiger partial charge in [-0.25, -0.2) is 9.78 Å². The number of nitrogens with one attached hydrogen (secondary N) is 2. The van der Waals surface area contributed by atoms with E-state index in [0.29, 0.717) is 17.6 Å². The fraction of sp³-hybridized carbons (Fsp3) is 0.360. The maximum atomic E-state index is 13.1. The predicted octanol–water partition coefficient (Wildman–Crippen LogP) is 4.48. The van der Waals surface area contributed by atoms with Crippen LogP contribution in [0.4, 0.5) is 5.69 Å². The molecule has 1 aromatic carbocycles. The molecule has 7 nitrogen and oxygen atoms in total. The highest BCUT2D eigenvalue weighted by Crippen LogP contribution is 2.23. The molecular weight excluding hydrogens is 404 g/mol. The molecule has 0 fully saturated rings. The van der Waals surface area contributed by atoms with E-state index in [1.165, 1.54) is 0 Å². The van der Waals surface area contributed by atoms with Crippen molar-refractivity contribution in [3.05, 3.63) is 64.7 Å². The monoisotopic (exact) mass is 434 g/mol. The molecule has 0 radical (unpaired) electrons. The lowest BCUT2D eigenvalue weighted by atomic mass is 10.0. The highest BCUT2D eigenvalue weighted by Gasteiger charge is 2.21. The Bertz CT molecular complexity index is 1190. The highest BCUT2D eigenvalue weighted by molar-refractivity contribution is 6.35. The van der Waals surface area contributed by atoms with Gasteiger partial charge in [0.15, 0.2) is 0 Å². The number of rotatable bonds is 7. The molecule has 168 valence electrons. The van der Waals surface area contributed by atoms with Gasteiger partial charge in [0.2, 0.25) is 0 Å². The van der Waals surface area contributed by atoms with E-state index >= 15 is 0 Å². The van der Waals surface area contributed by atoms with Crippen LogP contribution < -0.4 is 10.9 Å². The van der Waals surface area contributed by atoms with Gasteiger partial charge in [-0.2, -0.15) is 0 Å². The molecular formula is C25H30N4O3. The fourth-order valence-electron chi connectivity index (χ4n) is 3.48. The molecule has 3 aromatic rings. The van der Waals surface area contributed by atoms with Crippen molar-refractivity contribution in [2.75, 3.05) is 5.32 Å². The van der Waals surface area contributed by atoms with Crippen LogP contribution in [0.15, 0.2) is 53.5 Å². The van der Waals surface area contributed by atoms with Crippen LogP contribution in [0.2, 0.25) is 0 Å².